The number of nitrogens with one attached hydrogen (secondary N) is 1. The fourth-order valence-corrected chi connectivity index (χ4v) is 2.14. The first-order chi connectivity index (χ1) is 7.79. The number of halogens is 1. The van der Waals surface area contributed by atoms with E-state index >= 15 is 0 Å². The minimum atomic E-state index is 0.596. The van der Waals surface area contributed by atoms with E-state index in [4.69, 9.17) is 4.74 Å². The van der Waals surface area contributed by atoms with E-state index in [1.54, 1.807) is 19.5 Å². The summed E-state index contributed by atoms with van der Waals surface area (Å²) in [4.78, 5) is 11.8. The van der Waals surface area contributed by atoms with Crippen LogP contribution in [0.4, 0.5) is 0 Å². The van der Waals surface area contributed by atoms with Crippen LogP contribution < -0.4 is 4.74 Å². The first-order valence-electron chi connectivity index (χ1n) is 4.75. The zero-order valence-electron chi connectivity index (χ0n) is 8.49. The molecule has 0 fully saturated rings. The third-order valence-corrected chi connectivity index (χ3v) is 2.90. The van der Waals surface area contributed by atoms with Gasteiger partial charge in [-0.3, -0.25) is 4.98 Å². The highest BCUT2D eigenvalue weighted by molar-refractivity contribution is 9.10. The molecule has 0 aliphatic carbocycles. The van der Waals surface area contributed by atoms with Crippen molar-refractivity contribution >= 4 is 37.9 Å². The molecule has 0 unspecified atom stereocenters. The van der Waals surface area contributed by atoms with E-state index in [1.165, 1.54) is 0 Å². The summed E-state index contributed by atoms with van der Waals surface area (Å²) in [7, 11) is 1.61. The molecule has 0 amide bonds. The Morgan fingerprint density at radius 2 is 2.19 bits per heavy atom. The van der Waals surface area contributed by atoms with Gasteiger partial charge in [0.05, 0.1) is 23.5 Å². The molecule has 0 spiro atoms. The summed E-state index contributed by atoms with van der Waals surface area (Å²) < 4.78 is 6.18. The Bertz CT molecular complexity index is 677. The van der Waals surface area contributed by atoms with Crippen LogP contribution in [-0.2, 0) is 0 Å². The first-order valence-corrected chi connectivity index (χ1v) is 5.55. The molecule has 3 rings (SSSR count). The molecule has 3 heterocycles. The molecule has 3 aromatic heterocycles. The van der Waals surface area contributed by atoms with Crippen molar-refractivity contribution in [2.45, 2.75) is 0 Å². The van der Waals surface area contributed by atoms with Gasteiger partial charge in [-0.2, -0.15) is 0 Å². The number of methoxy groups -OCH3 is 1. The Labute approximate surface area is 99.8 Å². The molecule has 3 aromatic rings. The molecule has 1 N–H and O–H groups in total. The molecule has 16 heavy (non-hydrogen) atoms. The SMILES string of the molecule is COc1nccc2[nH]c3cc(Br)cnc3c12. The van der Waals surface area contributed by atoms with E-state index in [2.05, 4.69) is 30.9 Å². The molecule has 5 heteroatoms. The number of aromatic amines is 1. The number of nitrogens with zero attached hydrogens (tertiary/aromatic N) is 2. The van der Waals surface area contributed by atoms with Crippen molar-refractivity contribution in [1.29, 1.82) is 0 Å². The predicted octanol–water partition coefficient (Wildman–Crippen LogP) is 2.88. The molecular formula is C11H8BrN3O. The number of ether oxygens (including phenoxy) is 1. The number of pyridine rings is 2. The largest absolute Gasteiger partial charge is 0.480 e. The van der Waals surface area contributed by atoms with Crippen LogP contribution in [0.25, 0.3) is 21.9 Å². The maximum atomic E-state index is 5.24. The van der Waals surface area contributed by atoms with E-state index < -0.39 is 0 Å². The lowest BCUT2D eigenvalue weighted by Crippen LogP contribution is -1.87. The lowest BCUT2D eigenvalue weighted by atomic mass is 10.3. The molecule has 0 aliphatic rings. The van der Waals surface area contributed by atoms with Crippen LogP contribution in [0.15, 0.2) is 29.0 Å². The average molecular weight is 278 g/mol. The van der Waals surface area contributed by atoms with Crippen LogP contribution in [0.1, 0.15) is 0 Å². The highest BCUT2D eigenvalue weighted by Gasteiger charge is 2.11. The zero-order valence-corrected chi connectivity index (χ0v) is 10.1. The molecule has 0 aliphatic heterocycles. The molecule has 80 valence electrons. The molecular weight excluding hydrogens is 270 g/mol. The summed E-state index contributed by atoms with van der Waals surface area (Å²) in [5, 5.41) is 0.924. The standard InChI is InChI=1S/C11H8BrN3O/c1-16-11-9-7(2-3-13-11)15-8-4-6(12)5-14-10(8)9/h2-5,15H,1H3. The molecule has 0 bridgehead atoms. The maximum Gasteiger partial charge on any atom is 0.224 e. The van der Waals surface area contributed by atoms with Crippen molar-refractivity contribution < 1.29 is 4.74 Å². The van der Waals surface area contributed by atoms with Gasteiger partial charge in [-0.1, -0.05) is 0 Å². The van der Waals surface area contributed by atoms with Gasteiger partial charge < -0.3 is 9.72 Å². The predicted molar refractivity (Wildman–Crippen MR) is 65.6 cm³/mol. The van der Waals surface area contributed by atoms with Gasteiger partial charge in [0, 0.05) is 16.9 Å². The highest BCUT2D eigenvalue weighted by atomic mass is 79.9. The smallest absolute Gasteiger partial charge is 0.224 e. The summed E-state index contributed by atoms with van der Waals surface area (Å²) in [5.41, 5.74) is 2.83. The van der Waals surface area contributed by atoms with Gasteiger partial charge in [0.15, 0.2) is 0 Å². The fraction of sp³-hybridized carbons (Fsp3) is 0.0909. The van der Waals surface area contributed by atoms with Crippen molar-refractivity contribution in [2.24, 2.45) is 0 Å². The van der Waals surface area contributed by atoms with Gasteiger partial charge in [-0.25, -0.2) is 4.98 Å². The number of fused-ring (bicyclic) bond motifs is 3. The van der Waals surface area contributed by atoms with Crippen LogP contribution in [0, 0.1) is 0 Å². The summed E-state index contributed by atoms with van der Waals surface area (Å²) in [5.74, 6) is 0.596. The quantitative estimate of drug-likeness (QED) is 0.744. The Balaban J connectivity index is 2.52. The van der Waals surface area contributed by atoms with Crippen LogP contribution in [0.2, 0.25) is 0 Å². The second-order valence-electron chi connectivity index (χ2n) is 3.42. The maximum absolute atomic E-state index is 5.24. The molecule has 0 radical (unpaired) electrons. The molecule has 0 aromatic carbocycles. The first kappa shape index (κ1) is 9.59. The van der Waals surface area contributed by atoms with Crippen LogP contribution in [0.3, 0.4) is 0 Å². The number of hydrogen-bond donors (Lipinski definition) is 1. The molecule has 0 saturated heterocycles. The van der Waals surface area contributed by atoms with Crippen molar-refractivity contribution in [3.63, 3.8) is 0 Å². The van der Waals surface area contributed by atoms with Gasteiger partial charge in [0.1, 0.15) is 5.52 Å². The normalized spacial score (nSPS) is 11.1. The molecule has 0 atom stereocenters. The number of rotatable bonds is 1. The van der Waals surface area contributed by atoms with E-state index in [9.17, 15) is 0 Å². The lowest BCUT2D eigenvalue weighted by molar-refractivity contribution is 0.403. The highest BCUT2D eigenvalue weighted by Crippen LogP contribution is 2.30. The number of aromatic nitrogens is 3. The molecule has 0 saturated carbocycles. The van der Waals surface area contributed by atoms with Crippen molar-refractivity contribution in [3.8, 4) is 5.88 Å². The van der Waals surface area contributed by atoms with Crippen molar-refractivity contribution in [2.75, 3.05) is 7.11 Å². The monoisotopic (exact) mass is 277 g/mol. The van der Waals surface area contributed by atoms with E-state index in [1.807, 2.05) is 12.1 Å². The minimum absolute atomic E-state index is 0.596. The second kappa shape index (κ2) is 3.45. The third-order valence-electron chi connectivity index (χ3n) is 2.47. The van der Waals surface area contributed by atoms with Gasteiger partial charge in [0.2, 0.25) is 5.88 Å². The van der Waals surface area contributed by atoms with Gasteiger partial charge >= 0.3 is 0 Å². The van der Waals surface area contributed by atoms with Crippen LogP contribution in [0.5, 0.6) is 5.88 Å². The Morgan fingerprint density at radius 1 is 1.31 bits per heavy atom. The zero-order chi connectivity index (χ0) is 11.1. The summed E-state index contributed by atoms with van der Waals surface area (Å²) in [6.07, 6.45) is 3.48. The van der Waals surface area contributed by atoms with Crippen LogP contribution in [-0.4, -0.2) is 22.1 Å². The Kier molecular flexibility index (Phi) is 2.07. The number of hydrogen-bond acceptors (Lipinski definition) is 3. The summed E-state index contributed by atoms with van der Waals surface area (Å²) in [6, 6.07) is 3.90. The van der Waals surface area contributed by atoms with E-state index in [-0.39, 0.29) is 0 Å². The van der Waals surface area contributed by atoms with Crippen LogP contribution >= 0.6 is 15.9 Å². The summed E-state index contributed by atoms with van der Waals surface area (Å²) >= 11 is 3.40. The average Bonchev–Trinajstić information content (AvgIpc) is 2.65. The summed E-state index contributed by atoms with van der Waals surface area (Å²) in [6.45, 7) is 0. The van der Waals surface area contributed by atoms with Gasteiger partial charge in [-0.05, 0) is 28.1 Å². The second-order valence-corrected chi connectivity index (χ2v) is 4.33. The lowest BCUT2D eigenvalue weighted by Gasteiger charge is -1.99. The van der Waals surface area contributed by atoms with Gasteiger partial charge in [0.25, 0.3) is 0 Å². The van der Waals surface area contributed by atoms with E-state index in [0.717, 1.165) is 26.4 Å². The molecule has 4 nitrogen and oxygen atoms in total. The minimum Gasteiger partial charge on any atom is -0.480 e. The van der Waals surface area contributed by atoms with E-state index in [0.29, 0.717) is 5.88 Å². The third kappa shape index (κ3) is 1.28. The van der Waals surface area contributed by atoms with Crippen molar-refractivity contribution in [1.82, 2.24) is 15.0 Å². The topological polar surface area (TPSA) is 50.8 Å². The Hall–Kier alpha value is -1.62. The number of H-pyrrole nitrogens is 1. The fourth-order valence-electron chi connectivity index (χ4n) is 1.81. The van der Waals surface area contributed by atoms with Crippen molar-refractivity contribution in [3.05, 3.63) is 29.0 Å². The Morgan fingerprint density at radius 3 is 3.00 bits per heavy atom. The van der Waals surface area contributed by atoms with Gasteiger partial charge in [-0.15, -0.1) is 0 Å².